The molecular formula is C14H20N2O2S. The lowest BCUT2D eigenvalue weighted by molar-refractivity contribution is -0.129. The number of benzene rings is 1. The van der Waals surface area contributed by atoms with Gasteiger partial charge in [0.05, 0.1) is 12.9 Å². The van der Waals surface area contributed by atoms with E-state index in [2.05, 4.69) is 0 Å². The van der Waals surface area contributed by atoms with E-state index in [1.165, 1.54) is 0 Å². The summed E-state index contributed by atoms with van der Waals surface area (Å²) >= 11 is 1.55. The summed E-state index contributed by atoms with van der Waals surface area (Å²) in [4.78, 5) is 15.0. The van der Waals surface area contributed by atoms with Crippen LogP contribution in [0, 0.1) is 0 Å². The van der Waals surface area contributed by atoms with E-state index in [1.54, 1.807) is 18.9 Å². The molecule has 19 heavy (non-hydrogen) atoms. The lowest BCUT2D eigenvalue weighted by Gasteiger charge is -2.30. The predicted molar refractivity (Wildman–Crippen MR) is 77.5 cm³/mol. The lowest BCUT2D eigenvalue weighted by Crippen LogP contribution is -2.43. The maximum absolute atomic E-state index is 12.1. The van der Waals surface area contributed by atoms with Crippen molar-refractivity contribution in [2.24, 2.45) is 5.73 Å². The van der Waals surface area contributed by atoms with Crippen LogP contribution < -0.4 is 10.5 Å². The molecule has 1 fully saturated rings. The van der Waals surface area contributed by atoms with E-state index in [4.69, 9.17) is 10.5 Å². The van der Waals surface area contributed by atoms with Crippen molar-refractivity contribution in [3.05, 3.63) is 24.3 Å². The molecule has 0 radical (unpaired) electrons. The van der Waals surface area contributed by atoms with Gasteiger partial charge in [0.25, 0.3) is 0 Å². The minimum absolute atomic E-state index is 0.194. The fraction of sp³-hybridized carbons (Fsp3) is 0.500. The largest absolute Gasteiger partial charge is 0.497 e. The Morgan fingerprint density at radius 2 is 2.21 bits per heavy atom. The molecule has 1 aromatic carbocycles. The first-order valence-electron chi connectivity index (χ1n) is 6.49. The number of likely N-dealkylation sites (tertiary alicyclic amines) is 1. The highest BCUT2D eigenvalue weighted by Crippen LogP contribution is 2.23. The molecule has 4 nitrogen and oxygen atoms in total. The number of ether oxygens (including phenoxy) is 1. The van der Waals surface area contributed by atoms with Gasteiger partial charge in [-0.1, -0.05) is 6.07 Å². The molecule has 1 aliphatic heterocycles. The van der Waals surface area contributed by atoms with Gasteiger partial charge in [-0.3, -0.25) is 4.79 Å². The van der Waals surface area contributed by atoms with Gasteiger partial charge in [0, 0.05) is 24.0 Å². The van der Waals surface area contributed by atoms with Crippen molar-refractivity contribution in [1.82, 2.24) is 4.90 Å². The Hall–Kier alpha value is -1.20. The molecule has 1 aliphatic rings. The standard InChI is InChI=1S/C14H20N2O2S/c1-18-12-3-2-4-13(9-12)19-10-14(17)16-7-5-11(15)6-8-16/h2-4,9,11H,5-8,10,15H2,1H3. The molecule has 2 rings (SSSR count). The van der Waals surface area contributed by atoms with Crippen LogP contribution >= 0.6 is 11.8 Å². The molecule has 2 N–H and O–H groups in total. The quantitative estimate of drug-likeness (QED) is 0.854. The average Bonchev–Trinajstić information content (AvgIpc) is 2.46. The number of rotatable bonds is 4. The second-order valence-electron chi connectivity index (χ2n) is 4.69. The highest BCUT2D eigenvalue weighted by atomic mass is 32.2. The third kappa shape index (κ3) is 4.14. The van der Waals surface area contributed by atoms with Crippen molar-refractivity contribution >= 4 is 17.7 Å². The number of carbonyl (C=O) groups is 1. The first kappa shape index (κ1) is 14.2. The minimum atomic E-state index is 0.194. The number of amides is 1. The van der Waals surface area contributed by atoms with E-state index >= 15 is 0 Å². The summed E-state index contributed by atoms with van der Waals surface area (Å²) in [5, 5.41) is 0. The summed E-state index contributed by atoms with van der Waals surface area (Å²) in [6.45, 7) is 1.58. The van der Waals surface area contributed by atoms with Crippen LogP contribution in [-0.2, 0) is 4.79 Å². The Balaban J connectivity index is 1.82. The van der Waals surface area contributed by atoms with Gasteiger partial charge in [0.1, 0.15) is 5.75 Å². The Labute approximate surface area is 118 Å². The van der Waals surface area contributed by atoms with Crippen LogP contribution in [0.5, 0.6) is 5.75 Å². The predicted octanol–water partition coefficient (Wildman–Crippen LogP) is 1.74. The first-order chi connectivity index (χ1) is 9.19. The molecular weight excluding hydrogens is 260 g/mol. The Morgan fingerprint density at radius 3 is 2.89 bits per heavy atom. The van der Waals surface area contributed by atoms with Crippen LogP contribution in [0.1, 0.15) is 12.8 Å². The monoisotopic (exact) mass is 280 g/mol. The van der Waals surface area contributed by atoms with Gasteiger partial charge in [-0.2, -0.15) is 0 Å². The summed E-state index contributed by atoms with van der Waals surface area (Å²) in [6.07, 6.45) is 1.82. The molecule has 1 heterocycles. The van der Waals surface area contributed by atoms with Gasteiger partial charge in [-0.15, -0.1) is 11.8 Å². The number of hydrogen-bond acceptors (Lipinski definition) is 4. The summed E-state index contributed by atoms with van der Waals surface area (Å²) in [6, 6.07) is 8.04. The van der Waals surface area contributed by atoms with E-state index in [1.807, 2.05) is 29.2 Å². The molecule has 1 aromatic rings. The molecule has 5 heteroatoms. The zero-order valence-corrected chi connectivity index (χ0v) is 12.0. The number of nitrogens with zero attached hydrogens (tertiary/aromatic N) is 1. The molecule has 0 bridgehead atoms. The van der Waals surface area contributed by atoms with Crippen LogP contribution in [0.2, 0.25) is 0 Å². The second kappa shape index (κ2) is 6.82. The minimum Gasteiger partial charge on any atom is -0.497 e. The summed E-state index contributed by atoms with van der Waals surface area (Å²) in [7, 11) is 1.64. The number of hydrogen-bond donors (Lipinski definition) is 1. The number of piperidine rings is 1. The zero-order valence-electron chi connectivity index (χ0n) is 11.2. The molecule has 1 saturated heterocycles. The third-order valence-electron chi connectivity index (χ3n) is 3.30. The molecule has 0 aliphatic carbocycles. The van der Waals surface area contributed by atoms with Crippen LogP contribution in [0.25, 0.3) is 0 Å². The summed E-state index contributed by atoms with van der Waals surface area (Å²) < 4.78 is 5.17. The second-order valence-corrected chi connectivity index (χ2v) is 5.73. The SMILES string of the molecule is COc1cccc(SCC(=O)N2CCC(N)CC2)c1. The first-order valence-corrected chi connectivity index (χ1v) is 7.48. The maximum Gasteiger partial charge on any atom is 0.232 e. The molecule has 0 spiro atoms. The average molecular weight is 280 g/mol. The molecule has 0 atom stereocenters. The van der Waals surface area contributed by atoms with Crippen molar-refractivity contribution < 1.29 is 9.53 Å². The number of thioether (sulfide) groups is 1. The fourth-order valence-corrected chi connectivity index (χ4v) is 2.92. The maximum atomic E-state index is 12.1. The highest BCUT2D eigenvalue weighted by molar-refractivity contribution is 8.00. The van der Waals surface area contributed by atoms with Crippen LogP contribution in [-0.4, -0.2) is 42.8 Å². The van der Waals surface area contributed by atoms with Crippen molar-refractivity contribution in [2.75, 3.05) is 26.0 Å². The molecule has 0 aromatic heterocycles. The van der Waals surface area contributed by atoms with Crippen molar-refractivity contribution in [3.63, 3.8) is 0 Å². The van der Waals surface area contributed by atoms with E-state index in [-0.39, 0.29) is 11.9 Å². The number of carbonyl (C=O) groups excluding carboxylic acids is 1. The summed E-state index contributed by atoms with van der Waals surface area (Å²) in [5.41, 5.74) is 5.84. The van der Waals surface area contributed by atoms with Gasteiger partial charge in [-0.25, -0.2) is 0 Å². The lowest BCUT2D eigenvalue weighted by atomic mass is 10.1. The third-order valence-corrected chi connectivity index (χ3v) is 4.27. The Kier molecular flexibility index (Phi) is 5.10. The van der Waals surface area contributed by atoms with Gasteiger partial charge in [0.15, 0.2) is 0 Å². The normalized spacial score (nSPS) is 16.4. The molecule has 0 unspecified atom stereocenters. The van der Waals surface area contributed by atoms with E-state index in [9.17, 15) is 4.79 Å². The highest BCUT2D eigenvalue weighted by Gasteiger charge is 2.20. The zero-order chi connectivity index (χ0) is 13.7. The van der Waals surface area contributed by atoms with E-state index in [0.717, 1.165) is 36.6 Å². The molecule has 0 saturated carbocycles. The van der Waals surface area contributed by atoms with Crippen LogP contribution in [0.15, 0.2) is 29.2 Å². The smallest absolute Gasteiger partial charge is 0.232 e. The molecule has 1 amide bonds. The Bertz CT molecular complexity index is 431. The molecule has 104 valence electrons. The van der Waals surface area contributed by atoms with E-state index < -0.39 is 0 Å². The van der Waals surface area contributed by atoms with Crippen molar-refractivity contribution in [3.8, 4) is 5.75 Å². The Morgan fingerprint density at radius 1 is 1.47 bits per heavy atom. The van der Waals surface area contributed by atoms with Gasteiger partial charge in [-0.05, 0) is 31.0 Å². The topological polar surface area (TPSA) is 55.6 Å². The van der Waals surface area contributed by atoms with Crippen LogP contribution in [0.3, 0.4) is 0 Å². The van der Waals surface area contributed by atoms with Crippen molar-refractivity contribution in [1.29, 1.82) is 0 Å². The van der Waals surface area contributed by atoms with Crippen LogP contribution in [0.4, 0.5) is 0 Å². The fourth-order valence-electron chi connectivity index (χ4n) is 2.08. The van der Waals surface area contributed by atoms with E-state index in [0.29, 0.717) is 5.75 Å². The van der Waals surface area contributed by atoms with Crippen molar-refractivity contribution in [2.45, 2.75) is 23.8 Å². The van der Waals surface area contributed by atoms with Gasteiger partial charge < -0.3 is 15.4 Å². The van der Waals surface area contributed by atoms with Gasteiger partial charge in [0.2, 0.25) is 5.91 Å². The number of nitrogens with two attached hydrogens (primary N) is 1. The number of methoxy groups -OCH3 is 1. The summed E-state index contributed by atoms with van der Waals surface area (Å²) in [5.74, 6) is 1.49. The van der Waals surface area contributed by atoms with Gasteiger partial charge >= 0.3 is 0 Å².